The van der Waals surface area contributed by atoms with Crippen molar-refractivity contribution in [2.45, 2.75) is 32.6 Å². The molecule has 2 aliphatic rings. The maximum absolute atomic E-state index is 13.2. The molecule has 1 atom stereocenters. The molecule has 0 unspecified atom stereocenters. The Morgan fingerprint density at radius 2 is 1.74 bits per heavy atom. The van der Waals surface area contributed by atoms with Crippen molar-refractivity contribution in [3.8, 4) is 5.75 Å². The lowest BCUT2D eigenvalue weighted by Gasteiger charge is -2.34. The fraction of sp³-hybridized carbons (Fsp3) is 0.385. The molecule has 2 amide bonds. The van der Waals surface area contributed by atoms with Crippen LogP contribution in [0.1, 0.15) is 39.0 Å². The van der Waals surface area contributed by atoms with Crippen LogP contribution in [0.25, 0.3) is 0 Å². The minimum absolute atomic E-state index is 0.0883. The fourth-order valence-corrected chi connectivity index (χ4v) is 4.59. The van der Waals surface area contributed by atoms with Crippen molar-refractivity contribution in [3.05, 3.63) is 76.6 Å². The first-order valence-electron chi connectivity index (χ1n) is 11.8. The lowest BCUT2D eigenvalue weighted by molar-refractivity contribution is -0.131. The summed E-state index contributed by atoms with van der Waals surface area (Å²) in [5.41, 5.74) is 4.20. The molecule has 0 aliphatic carbocycles. The third kappa shape index (κ3) is 4.77. The number of fused-ring (bicyclic) bond motifs is 1. The number of methoxy groups -OCH3 is 1. The molecule has 3 aromatic rings. The van der Waals surface area contributed by atoms with Gasteiger partial charge in [-0.2, -0.15) is 0 Å². The molecule has 182 valence electrons. The third-order valence-corrected chi connectivity index (χ3v) is 6.81. The second kappa shape index (κ2) is 9.87. The Bertz CT molecular complexity index is 1210. The summed E-state index contributed by atoms with van der Waals surface area (Å²) < 4.78 is 13.0. The molecule has 0 spiro atoms. The summed E-state index contributed by atoms with van der Waals surface area (Å²) in [6.45, 7) is 4.73. The van der Waals surface area contributed by atoms with Crippen LogP contribution in [0.3, 0.4) is 0 Å². The second-order valence-corrected chi connectivity index (χ2v) is 8.92. The lowest BCUT2D eigenvalue weighted by atomic mass is 10.1. The molecule has 9 heteroatoms. The van der Waals surface area contributed by atoms with E-state index >= 15 is 0 Å². The lowest BCUT2D eigenvalue weighted by Crippen LogP contribution is -2.51. The molecule has 35 heavy (non-hydrogen) atoms. The summed E-state index contributed by atoms with van der Waals surface area (Å²) in [5, 5.41) is 8.42. The monoisotopic (exact) mass is 475 g/mol. The highest BCUT2D eigenvalue weighted by Gasteiger charge is 2.32. The summed E-state index contributed by atoms with van der Waals surface area (Å²) in [7, 11) is 1.63. The zero-order valence-corrected chi connectivity index (χ0v) is 20.0. The van der Waals surface area contributed by atoms with Gasteiger partial charge in [-0.25, -0.2) is 4.68 Å². The van der Waals surface area contributed by atoms with Gasteiger partial charge in [-0.05, 0) is 35.7 Å². The molecule has 2 aliphatic heterocycles. The SMILES string of the molecule is COc1ccc([C@@H]2Cn3nnc(C(=O)N4CCN(C(=O)Cc5ccccc5C)CC4)c3CO2)cc1. The number of aromatic nitrogens is 3. The van der Waals surface area contributed by atoms with Gasteiger partial charge in [0, 0.05) is 26.2 Å². The molecule has 5 rings (SSSR count). The van der Waals surface area contributed by atoms with Crippen LogP contribution < -0.4 is 4.74 Å². The predicted molar refractivity (Wildman–Crippen MR) is 128 cm³/mol. The Labute approximate surface area is 204 Å². The van der Waals surface area contributed by atoms with Crippen LogP contribution in [0.2, 0.25) is 0 Å². The van der Waals surface area contributed by atoms with E-state index in [0.717, 1.165) is 22.4 Å². The number of carbonyl (C=O) groups is 2. The molecule has 0 saturated carbocycles. The highest BCUT2D eigenvalue weighted by Crippen LogP contribution is 2.28. The number of carbonyl (C=O) groups excluding carboxylic acids is 2. The largest absolute Gasteiger partial charge is 0.497 e. The number of nitrogens with zero attached hydrogens (tertiary/aromatic N) is 5. The van der Waals surface area contributed by atoms with Gasteiger partial charge in [0.15, 0.2) is 5.69 Å². The number of hydrogen-bond donors (Lipinski definition) is 0. The Kier molecular flexibility index (Phi) is 6.50. The van der Waals surface area contributed by atoms with Gasteiger partial charge in [-0.3, -0.25) is 9.59 Å². The Hall–Kier alpha value is -3.72. The number of piperazine rings is 1. The van der Waals surface area contributed by atoms with Crippen molar-refractivity contribution in [1.29, 1.82) is 0 Å². The normalized spacial score (nSPS) is 17.7. The van der Waals surface area contributed by atoms with E-state index in [2.05, 4.69) is 10.3 Å². The number of amides is 2. The van der Waals surface area contributed by atoms with Crippen molar-refractivity contribution in [1.82, 2.24) is 24.8 Å². The minimum atomic E-state index is -0.166. The molecule has 0 radical (unpaired) electrons. The van der Waals surface area contributed by atoms with Gasteiger partial charge in [-0.1, -0.05) is 41.6 Å². The van der Waals surface area contributed by atoms with Crippen molar-refractivity contribution < 1.29 is 19.1 Å². The van der Waals surface area contributed by atoms with Crippen LogP contribution in [0.4, 0.5) is 0 Å². The van der Waals surface area contributed by atoms with Crippen molar-refractivity contribution >= 4 is 11.8 Å². The van der Waals surface area contributed by atoms with Gasteiger partial charge >= 0.3 is 0 Å². The van der Waals surface area contributed by atoms with E-state index in [1.54, 1.807) is 16.7 Å². The molecule has 2 aromatic carbocycles. The van der Waals surface area contributed by atoms with Crippen molar-refractivity contribution in [2.75, 3.05) is 33.3 Å². The van der Waals surface area contributed by atoms with Crippen LogP contribution in [0.15, 0.2) is 48.5 Å². The van der Waals surface area contributed by atoms with E-state index in [1.807, 2.05) is 60.4 Å². The molecular weight excluding hydrogens is 446 g/mol. The van der Waals surface area contributed by atoms with E-state index in [4.69, 9.17) is 9.47 Å². The smallest absolute Gasteiger partial charge is 0.276 e. The molecular formula is C26H29N5O4. The van der Waals surface area contributed by atoms with E-state index in [1.165, 1.54) is 0 Å². The van der Waals surface area contributed by atoms with E-state index in [-0.39, 0.29) is 24.5 Å². The standard InChI is InChI=1S/C26H29N5O4/c1-18-5-3-4-6-20(18)15-24(32)29-11-13-30(14-12-29)26(33)25-22-17-35-23(16-31(22)28-27-25)19-7-9-21(34-2)10-8-19/h3-10,23H,11-17H2,1-2H3/t23-/m0/s1. The Morgan fingerprint density at radius 3 is 2.46 bits per heavy atom. The van der Waals surface area contributed by atoms with E-state index < -0.39 is 0 Å². The minimum Gasteiger partial charge on any atom is -0.497 e. The Balaban J connectivity index is 1.19. The molecule has 1 aromatic heterocycles. The van der Waals surface area contributed by atoms with Gasteiger partial charge < -0.3 is 19.3 Å². The maximum Gasteiger partial charge on any atom is 0.276 e. The molecule has 1 fully saturated rings. The van der Waals surface area contributed by atoms with E-state index in [0.29, 0.717) is 50.5 Å². The van der Waals surface area contributed by atoms with Crippen LogP contribution >= 0.6 is 0 Å². The molecule has 9 nitrogen and oxygen atoms in total. The number of hydrogen-bond acceptors (Lipinski definition) is 6. The van der Waals surface area contributed by atoms with Crippen molar-refractivity contribution in [2.24, 2.45) is 0 Å². The topological polar surface area (TPSA) is 89.8 Å². The number of ether oxygens (including phenoxy) is 2. The van der Waals surface area contributed by atoms with Crippen LogP contribution in [0.5, 0.6) is 5.75 Å². The first kappa shape index (κ1) is 23.0. The zero-order chi connectivity index (χ0) is 24.4. The molecule has 3 heterocycles. The van der Waals surface area contributed by atoms with Gasteiger partial charge in [0.25, 0.3) is 5.91 Å². The van der Waals surface area contributed by atoms with Gasteiger partial charge in [0.05, 0.1) is 32.4 Å². The predicted octanol–water partition coefficient (Wildman–Crippen LogP) is 2.39. The quantitative estimate of drug-likeness (QED) is 0.563. The average Bonchev–Trinajstić information content (AvgIpc) is 3.33. The molecule has 0 N–H and O–H groups in total. The van der Waals surface area contributed by atoms with Crippen molar-refractivity contribution in [3.63, 3.8) is 0 Å². The first-order chi connectivity index (χ1) is 17.0. The molecule has 0 bridgehead atoms. The number of rotatable bonds is 5. The van der Waals surface area contributed by atoms with Gasteiger partial charge in [0.1, 0.15) is 11.9 Å². The maximum atomic E-state index is 13.2. The highest BCUT2D eigenvalue weighted by molar-refractivity contribution is 5.93. The summed E-state index contributed by atoms with van der Waals surface area (Å²) >= 11 is 0. The van der Waals surface area contributed by atoms with Crippen LogP contribution in [-0.4, -0.2) is 69.9 Å². The average molecular weight is 476 g/mol. The summed E-state index contributed by atoms with van der Waals surface area (Å²) in [4.78, 5) is 29.6. The first-order valence-corrected chi connectivity index (χ1v) is 11.8. The summed E-state index contributed by atoms with van der Waals surface area (Å²) in [6.07, 6.45) is 0.215. The van der Waals surface area contributed by atoms with Crippen LogP contribution in [0, 0.1) is 6.92 Å². The van der Waals surface area contributed by atoms with Gasteiger partial charge in [-0.15, -0.1) is 5.10 Å². The zero-order valence-electron chi connectivity index (χ0n) is 20.0. The van der Waals surface area contributed by atoms with Crippen LogP contribution in [-0.2, 0) is 29.1 Å². The van der Waals surface area contributed by atoms with E-state index in [9.17, 15) is 9.59 Å². The second-order valence-electron chi connectivity index (χ2n) is 8.92. The third-order valence-electron chi connectivity index (χ3n) is 6.81. The summed E-state index contributed by atoms with van der Waals surface area (Å²) in [5.74, 6) is 0.713. The van der Waals surface area contributed by atoms with Gasteiger partial charge in [0.2, 0.25) is 5.91 Å². The Morgan fingerprint density at radius 1 is 1.03 bits per heavy atom. The highest BCUT2D eigenvalue weighted by atomic mass is 16.5. The fourth-order valence-electron chi connectivity index (χ4n) is 4.59. The molecule has 1 saturated heterocycles. The number of aryl methyl sites for hydroxylation is 1. The number of benzene rings is 2. The summed E-state index contributed by atoms with van der Waals surface area (Å²) in [6, 6.07) is 15.7.